The minimum atomic E-state index is 0.928. The molecule has 1 aromatic heterocycles. The normalized spacial score (nSPS) is 9.56. The zero-order chi connectivity index (χ0) is 6.69. The summed E-state index contributed by atoms with van der Waals surface area (Å²) in [7, 11) is 2.00. The summed E-state index contributed by atoms with van der Waals surface area (Å²) in [4.78, 5) is 9.10. The van der Waals surface area contributed by atoms with Crippen molar-refractivity contribution in [3.8, 4) is 0 Å². The van der Waals surface area contributed by atoms with Crippen LogP contribution in [-0.2, 0) is 0 Å². The van der Waals surface area contributed by atoms with Crippen molar-refractivity contribution in [2.45, 2.75) is 6.92 Å². The predicted molar refractivity (Wildman–Crippen MR) is 37.5 cm³/mol. The number of aromatic amines is 1. The second kappa shape index (κ2) is 2.53. The number of hydrogen-bond donors (Lipinski definition) is 1. The molecule has 0 spiro atoms. The molecule has 50 valence electrons. The highest BCUT2D eigenvalue weighted by Gasteiger charge is 1.95. The van der Waals surface area contributed by atoms with E-state index in [1.165, 1.54) is 0 Å². The van der Waals surface area contributed by atoms with E-state index in [-0.39, 0.29) is 0 Å². The van der Waals surface area contributed by atoms with Crippen LogP contribution in [0.15, 0.2) is 12.4 Å². The van der Waals surface area contributed by atoms with Gasteiger partial charge in [-0.1, -0.05) is 0 Å². The van der Waals surface area contributed by atoms with Crippen LogP contribution < -0.4 is 4.90 Å². The number of H-pyrrole nitrogens is 1. The summed E-state index contributed by atoms with van der Waals surface area (Å²) in [6, 6.07) is 0. The first-order valence-corrected chi connectivity index (χ1v) is 3.05. The average molecular weight is 125 g/mol. The third kappa shape index (κ3) is 1.22. The third-order valence-corrected chi connectivity index (χ3v) is 1.32. The lowest BCUT2D eigenvalue weighted by molar-refractivity contribution is 0.920. The van der Waals surface area contributed by atoms with Gasteiger partial charge in [-0.2, -0.15) is 0 Å². The summed E-state index contributed by atoms with van der Waals surface area (Å²) in [6.45, 7) is 3.07. The fourth-order valence-corrected chi connectivity index (χ4v) is 0.615. The summed E-state index contributed by atoms with van der Waals surface area (Å²) >= 11 is 0. The molecule has 1 N–H and O–H groups in total. The van der Waals surface area contributed by atoms with E-state index in [4.69, 9.17) is 0 Å². The van der Waals surface area contributed by atoms with Gasteiger partial charge >= 0.3 is 0 Å². The van der Waals surface area contributed by atoms with Crippen molar-refractivity contribution < 1.29 is 0 Å². The first-order valence-electron chi connectivity index (χ1n) is 3.05. The standard InChI is InChI=1S/C6H11N3/c1-3-9(2)6-7-4-5-8-6/h4-5H,3H2,1-2H3,(H,7,8). The molecule has 0 atom stereocenters. The molecule has 1 aromatic rings. The maximum Gasteiger partial charge on any atom is 0.202 e. The molecule has 0 saturated heterocycles. The van der Waals surface area contributed by atoms with Gasteiger partial charge in [-0.05, 0) is 6.92 Å². The quantitative estimate of drug-likeness (QED) is 0.636. The number of imidazole rings is 1. The molecule has 1 rings (SSSR count). The lowest BCUT2D eigenvalue weighted by atomic mass is 10.6. The number of hydrogen-bond acceptors (Lipinski definition) is 2. The van der Waals surface area contributed by atoms with Crippen molar-refractivity contribution in [2.75, 3.05) is 18.5 Å². The van der Waals surface area contributed by atoms with E-state index in [0.29, 0.717) is 0 Å². The Kier molecular flexibility index (Phi) is 1.72. The Hall–Kier alpha value is -0.990. The molecule has 0 aliphatic heterocycles. The highest BCUT2D eigenvalue weighted by Crippen LogP contribution is 2.00. The van der Waals surface area contributed by atoms with Crippen LogP contribution in [0, 0.1) is 0 Å². The van der Waals surface area contributed by atoms with E-state index in [1.807, 2.05) is 18.1 Å². The lowest BCUT2D eigenvalue weighted by Crippen LogP contribution is -2.16. The van der Waals surface area contributed by atoms with Gasteiger partial charge in [-0.25, -0.2) is 4.98 Å². The molecule has 0 aliphatic rings. The maximum absolute atomic E-state index is 4.06. The molecule has 3 nitrogen and oxygen atoms in total. The van der Waals surface area contributed by atoms with Crippen LogP contribution in [0.25, 0.3) is 0 Å². The Labute approximate surface area is 54.7 Å². The van der Waals surface area contributed by atoms with Gasteiger partial charge in [0.25, 0.3) is 0 Å². The molecule has 0 aromatic carbocycles. The number of anilines is 1. The number of aromatic nitrogens is 2. The van der Waals surface area contributed by atoms with Crippen molar-refractivity contribution in [1.82, 2.24) is 9.97 Å². The molecule has 0 unspecified atom stereocenters. The summed E-state index contributed by atoms with van der Waals surface area (Å²) in [6.07, 6.45) is 3.57. The van der Waals surface area contributed by atoms with Crippen LogP contribution in [0.2, 0.25) is 0 Å². The largest absolute Gasteiger partial charge is 0.346 e. The fraction of sp³-hybridized carbons (Fsp3) is 0.500. The van der Waals surface area contributed by atoms with Gasteiger partial charge in [0.05, 0.1) is 0 Å². The van der Waals surface area contributed by atoms with Crippen LogP contribution in [0.3, 0.4) is 0 Å². The number of rotatable bonds is 2. The molecule has 0 amide bonds. The number of nitrogens with zero attached hydrogens (tertiary/aromatic N) is 2. The molecular weight excluding hydrogens is 114 g/mol. The highest BCUT2D eigenvalue weighted by molar-refractivity contribution is 5.26. The summed E-state index contributed by atoms with van der Waals surface area (Å²) in [5.74, 6) is 0.928. The smallest absolute Gasteiger partial charge is 0.202 e. The Bertz CT molecular complexity index is 157. The van der Waals surface area contributed by atoms with E-state index in [9.17, 15) is 0 Å². The fourth-order valence-electron chi connectivity index (χ4n) is 0.615. The van der Waals surface area contributed by atoms with Gasteiger partial charge in [-0.3, -0.25) is 0 Å². The van der Waals surface area contributed by atoms with Crippen molar-refractivity contribution >= 4 is 5.95 Å². The summed E-state index contributed by atoms with van der Waals surface area (Å²) in [5.41, 5.74) is 0. The average Bonchev–Trinajstić information content (AvgIpc) is 2.37. The second-order valence-corrected chi connectivity index (χ2v) is 1.93. The first-order chi connectivity index (χ1) is 4.34. The van der Waals surface area contributed by atoms with Gasteiger partial charge in [0.15, 0.2) is 0 Å². The zero-order valence-electron chi connectivity index (χ0n) is 5.76. The molecule has 0 saturated carbocycles. The van der Waals surface area contributed by atoms with Crippen LogP contribution in [0.5, 0.6) is 0 Å². The Morgan fingerprint density at radius 2 is 2.56 bits per heavy atom. The minimum absolute atomic E-state index is 0.928. The minimum Gasteiger partial charge on any atom is -0.346 e. The van der Waals surface area contributed by atoms with Gasteiger partial charge in [-0.15, -0.1) is 0 Å². The summed E-state index contributed by atoms with van der Waals surface area (Å²) < 4.78 is 0. The molecule has 0 bridgehead atoms. The molecule has 1 heterocycles. The molecule has 0 radical (unpaired) electrons. The topological polar surface area (TPSA) is 31.9 Å². The van der Waals surface area contributed by atoms with Gasteiger partial charge in [0, 0.05) is 26.0 Å². The van der Waals surface area contributed by atoms with Crippen LogP contribution in [0.4, 0.5) is 5.95 Å². The van der Waals surface area contributed by atoms with E-state index in [0.717, 1.165) is 12.5 Å². The van der Waals surface area contributed by atoms with Crippen molar-refractivity contribution in [3.05, 3.63) is 12.4 Å². The monoisotopic (exact) mass is 125 g/mol. The molecule has 0 aliphatic carbocycles. The summed E-state index contributed by atoms with van der Waals surface area (Å²) in [5, 5.41) is 0. The molecular formula is C6H11N3. The Morgan fingerprint density at radius 3 is 3.00 bits per heavy atom. The molecule has 3 heteroatoms. The van der Waals surface area contributed by atoms with Crippen molar-refractivity contribution in [3.63, 3.8) is 0 Å². The lowest BCUT2D eigenvalue weighted by Gasteiger charge is -2.11. The second-order valence-electron chi connectivity index (χ2n) is 1.93. The zero-order valence-corrected chi connectivity index (χ0v) is 5.76. The van der Waals surface area contributed by atoms with Crippen molar-refractivity contribution in [1.29, 1.82) is 0 Å². The third-order valence-electron chi connectivity index (χ3n) is 1.32. The SMILES string of the molecule is CCN(C)c1ncc[nH]1. The van der Waals surface area contributed by atoms with Crippen LogP contribution in [0.1, 0.15) is 6.92 Å². The van der Waals surface area contributed by atoms with Crippen molar-refractivity contribution in [2.24, 2.45) is 0 Å². The first kappa shape index (κ1) is 6.13. The van der Waals surface area contributed by atoms with Crippen LogP contribution in [-0.4, -0.2) is 23.6 Å². The molecule has 0 fully saturated rings. The predicted octanol–water partition coefficient (Wildman–Crippen LogP) is 0.866. The van der Waals surface area contributed by atoms with E-state index < -0.39 is 0 Å². The number of nitrogens with one attached hydrogen (secondary N) is 1. The van der Waals surface area contributed by atoms with Gasteiger partial charge < -0.3 is 9.88 Å². The van der Waals surface area contributed by atoms with Gasteiger partial charge in [0.2, 0.25) is 5.95 Å². The van der Waals surface area contributed by atoms with Gasteiger partial charge in [0.1, 0.15) is 0 Å². The maximum atomic E-state index is 4.06. The highest BCUT2D eigenvalue weighted by atomic mass is 15.2. The van der Waals surface area contributed by atoms with E-state index in [2.05, 4.69) is 16.9 Å². The molecule has 9 heavy (non-hydrogen) atoms. The Balaban J connectivity index is 2.65. The van der Waals surface area contributed by atoms with Crippen LogP contribution >= 0.6 is 0 Å². The van der Waals surface area contributed by atoms with E-state index >= 15 is 0 Å². The Morgan fingerprint density at radius 1 is 1.78 bits per heavy atom. The van der Waals surface area contributed by atoms with E-state index in [1.54, 1.807) is 6.20 Å².